The van der Waals surface area contributed by atoms with Crippen molar-refractivity contribution in [2.24, 2.45) is 5.73 Å². The minimum absolute atomic E-state index is 0.262. The maximum Gasteiger partial charge on any atom is 0.245 e. The van der Waals surface area contributed by atoms with Gasteiger partial charge in [0.1, 0.15) is 6.04 Å². The second-order valence-electron chi connectivity index (χ2n) is 8.49. The Balaban J connectivity index is 1.22. The first kappa shape index (κ1) is 23.5. The molecule has 1 aromatic heterocycles. The summed E-state index contributed by atoms with van der Waals surface area (Å²) in [5.74, 6) is 0.250. The molecule has 0 radical (unpaired) electrons. The number of hydrogen-bond acceptors (Lipinski definition) is 7. The van der Waals surface area contributed by atoms with Gasteiger partial charge in [0, 0.05) is 41.9 Å². The molecular formula is C28H28N6O2. The van der Waals surface area contributed by atoms with E-state index in [0.717, 1.165) is 48.8 Å². The third kappa shape index (κ3) is 5.68. The topological polar surface area (TPSA) is 105 Å². The second kappa shape index (κ2) is 11.0. The molecule has 8 nitrogen and oxygen atoms in total. The number of carbonyl (C=O) groups excluding carboxylic acids is 1. The van der Waals surface area contributed by atoms with E-state index in [2.05, 4.69) is 37.6 Å². The summed E-state index contributed by atoms with van der Waals surface area (Å²) in [5, 5.41) is 6.15. The van der Waals surface area contributed by atoms with Crippen LogP contribution in [0.1, 0.15) is 11.6 Å². The van der Waals surface area contributed by atoms with E-state index < -0.39 is 6.04 Å². The molecule has 0 spiro atoms. The molecule has 1 amide bonds. The van der Waals surface area contributed by atoms with Crippen LogP contribution >= 0.6 is 0 Å². The number of morpholine rings is 1. The number of nitrogens with two attached hydrogens (primary N) is 1. The fourth-order valence-electron chi connectivity index (χ4n) is 4.04. The Kier molecular flexibility index (Phi) is 7.16. The molecule has 0 bridgehead atoms. The standard InChI is InChI=1S/C28H28N6O2/c29-26(21-4-2-1-3-5-21)27(35)31-22-8-6-20(7-9-22)25-14-15-30-28(33-25)32-23-10-12-24(13-11-23)34-16-18-36-19-17-34/h1-15,26H,16-19,29H2,(H,31,35)(H,30,32,33). The van der Waals surface area contributed by atoms with Crippen molar-refractivity contribution in [3.05, 3.63) is 96.7 Å². The predicted molar refractivity (Wildman–Crippen MR) is 142 cm³/mol. The molecule has 1 unspecified atom stereocenters. The average molecular weight is 481 g/mol. The van der Waals surface area contributed by atoms with Gasteiger partial charge < -0.3 is 26.0 Å². The number of rotatable bonds is 7. The number of amides is 1. The first-order valence-electron chi connectivity index (χ1n) is 11.9. The molecule has 8 heteroatoms. The molecule has 0 saturated carbocycles. The number of hydrogen-bond donors (Lipinski definition) is 3. The number of aromatic nitrogens is 2. The van der Waals surface area contributed by atoms with Crippen molar-refractivity contribution in [1.29, 1.82) is 0 Å². The highest BCUT2D eigenvalue weighted by atomic mass is 16.5. The number of nitrogens with zero attached hydrogens (tertiary/aromatic N) is 3. The molecule has 1 saturated heterocycles. The normalized spacial score (nSPS) is 14.2. The lowest BCUT2D eigenvalue weighted by Crippen LogP contribution is -2.36. The van der Waals surface area contributed by atoms with Gasteiger partial charge >= 0.3 is 0 Å². The molecule has 1 aliphatic heterocycles. The van der Waals surface area contributed by atoms with Crippen molar-refractivity contribution in [3.8, 4) is 11.3 Å². The summed E-state index contributed by atoms with van der Waals surface area (Å²) in [6.45, 7) is 3.32. The van der Waals surface area contributed by atoms with E-state index in [0.29, 0.717) is 11.6 Å². The van der Waals surface area contributed by atoms with E-state index in [1.807, 2.05) is 72.8 Å². The van der Waals surface area contributed by atoms with Gasteiger partial charge in [-0.05, 0) is 48.0 Å². The van der Waals surface area contributed by atoms with Crippen LogP contribution in [0, 0.1) is 0 Å². The lowest BCUT2D eigenvalue weighted by Gasteiger charge is -2.28. The van der Waals surface area contributed by atoms with Gasteiger partial charge in [0.05, 0.1) is 18.9 Å². The van der Waals surface area contributed by atoms with E-state index in [-0.39, 0.29) is 5.91 Å². The zero-order valence-electron chi connectivity index (χ0n) is 19.8. The predicted octanol–water partition coefficient (Wildman–Crippen LogP) is 4.36. The fourth-order valence-corrected chi connectivity index (χ4v) is 4.04. The highest BCUT2D eigenvalue weighted by Gasteiger charge is 2.15. The quantitative estimate of drug-likeness (QED) is 0.361. The van der Waals surface area contributed by atoms with E-state index in [4.69, 9.17) is 10.5 Å². The summed E-state index contributed by atoms with van der Waals surface area (Å²) in [5.41, 5.74) is 11.3. The highest BCUT2D eigenvalue weighted by molar-refractivity contribution is 5.95. The summed E-state index contributed by atoms with van der Waals surface area (Å²) in [6, 6.07) is 26.2. The molecule has 1 atom stereocenters. The molecule has 3 aromatic carbocycles. The highest BCUT2D eigenvalue weighted by Crippen LogP contribution is 2.24. The lowest BCUT2D eigenvalue weighted by molar-refractivity contribution is -0.117. The smallest absolute Gasteiger partial charge is 0.245 e. The van der Waals surface area contributed by atoms with E-state index >= 15 is 0 Å². The molecule has 1 aliphatic rings. The van der Waals surface area contributed by atoms with Crippen LogP contribution in [0.15, 0.2) is 91.1 Å². The van der Waals surface area contributed by atoms with Crippen LogP contribution < -0.4 is 21.3 Å². The van der Waals surface area contributed by atoms with Crippen LogP contribution in [0.2, 0.25) is 0 Å². The molecule has 5 rings (SSSR count). The van der Waals surface area contributed by atoms with Gasteiger partial charge in [0.2, 0.25) is 11.9 Å². The molecule has 182 valence electrons. The largest absolute Gasteiger partial charge is 0.378 e. The maximum atomic E-state index is 12.5. The Morgan fingerprint density at radius 1 is 0.889 bits per heavy atom. The van der Waals surface area contributed by atoms with Crippen LogP contribution in [0.3, 0.4) is 0 Å². The van der Waals surface area contributed by atoms with Crippen LogP contribution in [0.4, 0.5) is 23.0 Å². The first-order valence-corrected chi connectivity index (χ1v) is 11.9. The molecule has 4 aromatic rings. The monoisotopic (exact) mass is 480 g/mol. The molecule has 0 aliphatic carbocycles. The minimum atomic E-state index is -0.732. The maximum absolute atomic E-state index is 12.5. The average Bonchev–Trinajstić information content (AvgIpc) is 2.94. The Morgan fingerprint density at radius 2 is 1.58 bits per heavy atom. The molecule has 1 fully saturated rings. The number of ether oxygens (including phenoxy) is 1. The van der Waals surface area contributed by atoms with Gasteiger partial charge in [-0.25, -0.2) is 9.97 Å². The molecular weight excluding hydrogens is 452 g/mol. The van der Waals surface area contributed by atoms with E-state index in [9.17, 15) is 4.79 Å². The van der Waals surface area contributed by atoms with Crippen LogP contribution in [-0.4, -0.2) is 42.2 Å². The Labute approximate surface area is 210 Å². The number of carbonyl (C=O) groups is 1. The third-order valence-corrected chi connectivity index (χ3v) is 6.04. The van der Waals surface area contributed by atoms with Gasteiger partial charge in [0.25, 0.3) is 0 Å². The van der Waals surface area contributed by atoms with Crippen molar-refractivity contribution in [3.63, 3.8) is 0 Å². The van der Waals surface area contributed by atoms with E-state index in [1.165, 1.54) is 5.69 Å². The Hall–Kier alpha value is -4.27. The van der Waals surface area contributed by atoms with Crippen LogP contribution in [0.5, 0.6) is 0 Å². The van der Waals surface area contributed by atoms with Crippen molar-refractivity contribution >= 4 is 28.9 Å². The van der Waals surface area contributed by atoms with Gasteiger partial charge in [-0.3, -0.25) is 4.79 Å². The zero-order valence-corrected chi connectivity index (χ0v) is 19.8. The third-order valence-electron chi connectivity index (χ3n) is 6.04. The van der Waals surface area contributed by atoms with Crippen molar-refractivity contribution < 1.29 is 9.53 Å². The molecule has 4 N–H and O–H groups in total. The van der Waals surface area contributed by atoms with Gasteiger partial charge in [0.15, 0.2) is 0 Å². The molecule has 2 heterocycles. The number of anilines is 4. The summed E-state index contributed by atoms with van der Waals surface area (Å²) in [7, 11) is 0. The van der Waals surface area contributed by atoms with Crippen molar-refractivity contribution in [2.45, 2.75) is 6.04 Å². The second-order valence-corrected chi connectivity index (χ2v) is 8.49. The fraction of sp³-hybridized carbons (Fsp3) is 0.179. The summed E-state index contributed by atoms with van der Waals surface area (Å²) in [6.07, 6.45) is 1.72. The SMILES string of the molecule is NC(C(=O)Nc1ccc(-c2ccnc(Nc3ccc(N4CCOCC4)cc3)n2)cc1)c1ccccc1. The summed E-state index contributed by atoms with van der Waals surface area (Å²) >= 11 is 0. The van der Waals surface area contributed by atoms with E-state index in [1.54, 1.807) is 6.20 Å². The summed E-state index contributed by atoms with van der Waals surface area (Å²) in [4.78, 5) is 23.8. The van der Waals surface area contributed by atoms with Gasteiger partial charge in [-0.1, -0.05) is 42.5 Å². The van der Waals surface area contributed by atoms with Crippen LogP contribution in [-0.2, 0) is 9.53 Å². The number of benzene rings is 3. The van der Waals surface area contributed by atoms with Crippen LogP contribution in [0.25, 0.3) is 11.3 Å². The zero-order chi connectivity index (χ0) is 24.7. The summed E-state index contributed by atoms with van der Waals surface area (Å²) < 4.78 is 5.43. The molecule has 36 heavy (non-hydrogen) atoms. The Morgan fingerprint density at radius 3 is 2.31 bits per heavy atom. The number of nitrogens with one attached hydrogen (secondary N) is 2. The minimum Gasteiger partial charge on any atom is -0.378 e. The van der Waals surface area contributed by atoms with Gasteiger partial charge in [-0.2, -0.15) is 0 Å². The Bertz CT molecular complexity index is 1290. The first-order chi connectivity index (χ1) is 17.7. The van der Waals surface area contributed by atoms with Gasteiger partial charge in [-0.15, -0.1) is 0 Å². The van der Waals surface area contributed by atoms with Crippen molar-refractivity contribution in [2.75, 3.05) is 41.8 Å². The van der Waals surface area contributed by atoms with Crippen molar-refractivity contribution in [1.82, 2.24) is 9.97 Å². The lowest BCUT2D eigenvalue weighted by atomic mass is 10.1.